The second-order valence-corrected chi connectivity index (χ2v) is 4.20. The van der Waals surface area contributed by atoms with Crippen molar-refractivity contribution >= 4 is 0 Å². The molecule has 0 bridgehead atoms. The first-order chi connectivity index (χ1) is 8.08. The number of hydrogen-bond acceptors (Lipinski definition) is 2. The van der Waals surface area contributed by atoms with Crippen LogP contribution in [-0.4, -0.2) is 17.3 Å². The lowest BCUT2D eigenvalue weighted by Crippen LogP contribution is -2.47. The number of aliphatic hydroxyl groups is 1. The molecular weight excluding hydrogens is 224 g/mol. The van der Waals surface area contributed by atoms with Gasteiger partial charge in [0.2, 0.25) is 0 Å². The molecule has 17 heavy (non-hydrogen) atoms. The molecule has 1 rings (SSSR count). The SMILES string of the molecule is CCC(CC)(CO)NCc1c(F)cccc1F. The highest BCUT2D eigenvalue weighted by Crippen LogP contribution is 2.17. The second kappa shape index (κ2) is 6.07. The first kappa shape index (κ1) is 14.1. The van der Waals surface area contributed by atoms with Crippen LogP contribution in [0.5, 0.6) is 0 Å². The van der Waals surface area contributed by atoms with E-state index < -0.39 is 17.2 Å². The predicted octanol–water partition coefficient (Wildman–Crippen LogP) is 2.61. The summed E-state index contributed by atoms with van der Waals surface area (Å²) >= 11 is 0. The Morgan fingerprint density at radius 3 is 2.12 bits per heavy atom. The molecule has 96 valence electrons. The van der Waals surface area contributed by atoms with E-state index in [-0.39, 0.29) is 18.7 Å². The summed E-state index contributed by atoms with van der Waals surface area (Å²) in [6.45, 7) is 3.91. The van der Waals surface area contributed by atoms with Crippen molar-refractivity contribution in [3.8, 4) is 0 Å². The quantitative estimate of drug-likeness (QED) is 0.805. The Morgan fingerprint density at radius 2 is 1.71 bits per heavy atom. The van der Waals surface area contributed by atoms with E-state index in [2.05, 4.69) is 5.32 Å². The van der Waals surface area contributed by atoms with Crippen molar-refractivity contribution in [3.05, 3.63) is 35.4 Å². The Kier molecular flexibility index (Phi) is 5.02. The van der Waals surface area contributed by atoms with E-state index in [0.717, 1.165) is 0 Å². The van der Waals surface area contributed by atoms with Gasteiger partial charge in [-0.2, -0.15) is 0 Å². The average molecular weight is 243 g/mol. The van der Waals surface area contributed by atoms with Gasteiger partial charge >= 0.3 is 0 Å². The Morgan fingerprint density at radius 1 is 1.18 bits per heavy atom. The van der Waals surface area contributed by atoms with Crippen LogP contribution in [0, 0.1) is 11.6 Å². The van der Waals surface area contributed by atoms with Crippen molar-refractivity contribution in [2.75, 3.05) is 6.61 Å². The minimum Gasteiger partial charge on any atom is -0.394 e. The number of rotatable bonds is 6. The number of nitrogens with one attached hydrogen (secondary N) is 1. The molecule has 0 saturated carbocycles. The molecule has 1 aromatic carbocycles. The molecule has 1 aromatic rings. The van der Waals surface area contributed by atoms with Gasteiger partial charge in [0.15, 0.2) is 0 Å². The van der Waals surface area contributed by atoms with Crippen LogP contribution in [0.1, 0.15) is 32.3 Å². The highest BCUT2D eigenvalue weighted by Gasteiger charge is 2.25. The maximum absolute atomic E-state index is 13.4. The minimum absolute atomic E-state index is 0.0206. The van der Waals surface area contributed by atoms with Crippen LogP contribution in [0.2, 0.25) is 0 Å². The van der Waals surface area contributed by atoms with Crippen LogP contribution < -0.4 is 5.32 Å². The zero-order valence-corrected chi connectivity index (χ0v) is 10.3. The molecule has 4 heteroatoms. The molecule has 0 unspecified atom stereocenters. The number of hydrogen-bond donors (Lipinski definition) is 2. The largest absolute Gasteiger partial charge is 0.394 e. The zero-order valence-electron chi connectivity index (χ0n) is 10.3. The number of halogens is 2. The molecule has 0 atom stereocenters. The van der Waals surface area contributed by atoms with Crippen molar-refractivity contribution in [2.45, 2.75) is 38.8 Å². The van der Waals surface area contributed by atoms with Gasteiger partial charge in [0.1, 0.15) is 11.6 Å². The highest BCUT2D eigenvalue weighted by atomic mass is 19.1. The van der Waals surface area contributed by atoms with Gasteiger partial charge in [-0.05, 0) is 25.0 Å². The monoisotopic (exact) mass is 243 g/mol. The van der Waals surface area contributed by atoms with Crippen LogP contribution in [0.15, 0.2) is 18.2 Å². The normalized spacial score (nSPS) is 11.8. The summed E-state index contributed by atoms with van der Waals surface area (Å²) in [6.07, 6.45) is 1.41. The lowest BCUT2D eigenvalue weighted by atomic mass is 9.93. The standard InChI is InChI=1S/C13H19F2NO/c1-3-13(4-2,9-17)16-8-10-11(14)6-5-7-12(10)15/h5-7,16-17H,3-4,8-9H2,1-2H3. The van der Waals surface area contributed by atoms with E-state index in [1.54, 1.807) is 0 Å². The first-order valence-electron chi connectivity index (χ1n) is 5.87. The maximum atomic E-state index is 13.4. The lowest BCUT2D eigenvalue weighted by Gasteiger charge is -2.31. The molecular formula is C13H19F2NO. The summed E-state index contributed by atoms with van der Waals surface area (Å²) in [5.74, 6) is -1.12. The average Bonchev–Trinajstić information content (AvgIpc) is 2.34. The van der Waals surface area contributed by atoms with E-state index in [9.17, 15) is 13.9 Å². The topological polar surface area (TPSA) is 32.3 Å². The molecule has 0 aliphatic rings. The van der Waals surface area contributed by atoms with Gasteiger partial charge in [0.05, 0.1) is 6.61 Å². The molecule has 0 fully saturated rings. The van der Waals surface area contributed by atoms with Crippen molar-refractivity contribution in [1.82, 2.24) is 5.32 Å². The molecule has 2 N–H and O–H groups in total. The van der Waals surface area contributed by atoms with Crippen LogP contribution >= 0.6 is 0 Å². The van der Waals surface area contributed by atoms with Crippen molar-refractivity contribution < 1.29 is 13.9 Å². The van der Waals surface area contributed by atoms with E-state index in [1.807, 2.05) is 13.8 Å². The summed E-state index contributed by atoms with van der Waals surface area (Å²) < 4.78 is 26.8. The van der Waals surface area contributed by atoms with Gasteiger partial charge in [-0.1, -0.05) is 19.9 Å². The van der Waals surface area contributed by atoms with Crippen molar-refractivity contribution in [3.63, 3.8) is 0 Å². The fourth-order valence-corrected chi connectivity index (χ4v) is 1.76. The van der Waals surface area contributed by atoms with E-state index in [1.165, 1.54) is 18.2 Å². The third-order valence-electron chi connectivity index (χ3n) is 3.36. The molecule has 0 aliphatic heterocycles. The summed E-state index contributed by atoms with van der Waals surface area (Å²) in [4.78, 5) is 0. The van der Waals surface area contributed by atoms with E-state index >= 15 is 0 Å². The molecule has 0 aromatic heterocycles. The molecule has 2 nitrogen and oxygen atoms in total. The van der Waals surface area contributed by atoms with E-state index in [4.69, 9.17) is 0 Å². The van der Waals surface area contributed by atoms with Crippen molar-refractivity contribution in [1.29, 1.82) is 0 Å². The Balaban J connectivity index is 2.79. The molecule has 0 radical (unpaired) electrons. The van der Waals surface area contributed by atoms with Crippen LogP contribution in [-0.2, 0) is 6.54 Å². The van der Waals surface area contributed by atoms with Gasteiger partial charge in [-0.25, -0.2) is 8.78 Å². The summed E-state index contributed by atoms with van der Waals surface area (Å²) in [6, 6.07) is 3.81. The molecule has 0 aliphatic carbocycles. The van der Waals surface area contributed by atoms with Crippen LogP contribution in [0.3, 0.4) is 0 Å². The lowest BCUT2D eigenvalue weighted by molar-refractivity contribution is 0.148. The van der Waals surface area contributed by atoms with Gasteiger partial charge in [0, 0.05) is 17.6 Å². The number of benzene rings is 1. The maximum Gasteiger partial charge on any atom is 0.130 e. The summed E-state index contributed by atoms with van der Waals surface area (Å²) in [5, 5.41) is 12.4. The first-order valence-corrected chi connectivity index (χ1v) is 5.87. The predicted molar refractivity (Wildman–Crippen MR) is 63.6 cm³/mol. The van der Waals surface area contributed by atoms with Gasteiger partial charge in [0.25, 0.3) is 0 Å². The molecule has 0 spiro atoms. The fraction of sp³-hybridized carbons (Fsp3) is 0.538. The highest BCUT2D eigenvalue weighted by molar-refractivity contribution is 5.19. The summed E-state index contributed by atoms with van der Waals surface area (Å²) in [5.41, 5.74) is -0.443. The third-order valence-corrected chi connectivity index (χ3v) is 3.36. The van der Waals surface area contributed by atoms with Gasteiger partial charge in [-0.15, -0.1) is 0 Å². The van der Waals surface area contributed by atoms with Crippen LogP contribution in [0.25, 0.3) is 0 Å². The molecule has 0 saturated heterocycles. The Labute approximate surface area is 101 Å². The second-order valence-electron chi connectivity index (χ2n) is 4.20. The Hall–Kier alpha value is -1.00. The third kappa shape index (κ3) is 3.23. The Bertz CT molecular complexity index is 336. The van der Waals surface area contributed by atoms with Crippen molar-refractivity contribution in [2.24, 2.45) is 0 Å². The van der Waals surface area contributed by atoms with Crippen LogP contribution in [0.4, 0.5) is 8.78 Å². The van der Waals surface area contributed by atoms with Gasteiger partial charge in [-0.3, -0.25) is 0 Å². The zero-order chi connectivity index (χ0) is 12.9. The van der Waals surface area contributed by atoms with E-state index in [0.29, 0.717) is 12.8 Å². The molecule has 0 amide bonds. The van der Waals surface area contributed by atoms with Gasteiger partial charge < -0.3 is 10.4 Å². The molecule has 0 heterocycles. The number of aliphatic hydroxyl groups excluding tert-OH is 1. The smallest absolute Gasteiger partial charge is 0.130 e. The fourth-order valence-electron chi connectivity index (χ4n) is 1.76. The minimum atomic E-state index is -0.559. The summed E-state index contributed by atoms with van der Waals surface area (Å²) in [7, 11) is 0.